The van der Waals surface area contributed by atoms with Gasteiger partial charge in [0.2, 0.25) is 0 Å². The van der Waals surface area contributed by atoms with Gasteiger partial charge in [0.05, 0.1) is 6.10 Å². The highest BCUT2D eigenvalue weighted by Crippen LogP contribution is 2.19. The fourth-order valence-corrected chi connectivity index (χ4v) is 2.24. The summed E-state index contributed by atoms with van der Waals surface area (Å²) >= 11 is 0. The molecule has 1 fully saturated rings. The highest BCUT2D eigenvalue weighted by Gasteiger charge is 2.26. The number of likely N-dealkylation sites (tertiary alicyclic amines) is 1. The molecule has 1 aliphatic rings. The van der Waals surface area contributed by atoms with Gasteiger partial charge in [-0.05, 0) is 33.2 Å². The molecule has 0 bridgehead atoms. The van der Waals surface area contributed by atoms with Gasteiger partial charge >= 0.3 is 0 Å². The van der Waals surface area contributed by atoms with Gasteiger partial charge in [-0.3, -0.25) is 4.90 Å². The largest absolute Gasteiger partial charge is 0.380 e. The molecule has 1 saturated heterocycles. The summed E-state index contributed by atoms with van der Waals surface area (Å²) in [7, 11) is 1.77. The molecule has 0 spiro atoms. The van der Waals surface area contributed by atoms with Crippen LogP contribution in [0.4, 0.5) is 0 Å². The second-order valence-corrected chi connectivity index (χ2v) is 4.46. The van der Waals surface area contributed by atoms with E-state index in [1.807, 2.05) is 0 Å². The number of methoxy groups -OCH3 is 1. The van der Waals surface area contributed by atoms with Crippen molar-refractivity contribution in [3.63, 3.8) is 0 Å². The van der Waals surface area contributed by atoms with Crippen LogP contribution in [0.2, 0.25) is 0 Å². The number of hydrogen-bond acceptors (Lipinski definition) is 3. The Bertz CT molecular complexity index is 161. The Balaban J connectivity index is 2.45. The molecule has 1 heterocycles. The van der Waals surface area contributed by atoms with E-state index >= 15 is 0 Å². The Kier molecular flexibility index (Phi) is 4.85. The zero-order valence-electron chi connectivity index (χ0n) is 9.70. The maximum Gasteiger partial charge on any atom is 0.0670 e. The average molecular weight is 200 g/mol. The van der Waals surface area contributed by atoms with E-state index in [4.69, 9.17) is 10.5 Å². The quantitative estimate of drug-likeness (QED) is 0.741. The van der Waals surface area contributed by atoms with Crippen LogP contribution in [0.15, 0.2) is 0 Å². The van der Waals surface area contributed by atoms with Crippen LogP contribution >= 0.6 is 0 Å². The van der Waals surface area contributed by atoms with E-state index < -0.39 is 0 Å². The van der Waals surface area contributed by atoms with E-state index in [1.54, 1.807) is 7.11 Å². The van der Waals surface area contributed by atoms with Gasteiger partial charge < -0.3 is 10.5 Å². The summed E-state index contributed by atoms with van der Waals surface area (Å²) in [6.45, 7) is 6.43. The zero-order valence-corrected chi connectivity index (χ0v) is 9.70. The average Bonchev–Trinajstić information content (AvgIpc) is 2.18. The molecule has 0 saturated carbocycles. The summed E-state index contributed by atoms with van der Waals surface area (Å²) < 4.78 is 5.30. The lowest BCUT2D eigenvalue weighted by Crippen LogP contribution is -2.51. The topological polar surface area (TPSA) is 38.5 Å². The van der Waals surface area contributed by atoms with Crippen molar-refractivity contribution in [2.75, 3.05) is 20.2 Å². The van der Waals surface area contributed by atoms with E-state index in [0.717, 1.165) is 6.54 Å². The Morgan fingerprint density at radius 2 is 2.14 bits per heavy atom. The number of piperidine rings is 1. The second-order valence-electron chi connectivity index (χ2n) is 4.46. The molecule has 1 rings (SSSR count). The molecule has 0 aromatic rings. The standard InChI is InChI=1S/C11H24N2O/c1-9(14-3)8-13-7-5-4-6-11(13)10(2)12/h9-11H,4-8,12H2,1-3H3. The number of ether oxygens (including phenoxy) is 1. The molecular weight excluding hydrogens is 176 g/mol. The van der Waals surface area contributed by atoms with E-state index in [0.29, 0.717) is 12.1 Å². The fraction of sp³-hybridized carbons (Fsp3) is 1.00. The minimum Gasteiger partial charge on any atom is -0.380 e. The van der Waals surface area contributed by atoms with Gasteiger partial charge in [0.25, 0.3) is 0 Å². The van der Waals surface area contributed by atoms with Crippen molar-refractivity contribution in [2.24, 2.45) is 5.73 Å². The first-order chi connectivity index (χ1) is 6.65. The smallest absolute Gasteiger partial charge is 0.0670 e. The molecular formula is C11H24N2O. The van der Waals surface area contributed by atoms with Crippen LogP contribution in [0.3, 0.4) is 0 Å². The predicted molar refractivity (Wildman–Crippen MR) is 59.3 cm³/mol. The Hall–Kier alpha value is -0.120. The SMILES string of the molecule is COC(C)CN1CCCCC1C(C)N. The summed E-state index contributed by atoms with van der Waals surface area (Å²) in [4.78, 5) is 2.49. The van der Waals surface area contributed by atoms with Crippen molar-refractivity contribution in [3.05, 3.63) is 0 Å². The first kappa shape index (κ1) is 12.0. The summed E-state index contributed by atoms with van der Waals surface area (Å²) in [5, 5.41) is 0. The van der Waals surface area contributed by atoms with Crippen molar-refractivity contribution in [1.29, 1.82) is 0 Å². The van der Waals surface area contributed by atoms with E-state index in [2.05, 4.69) is 18.7 Å². The molecule has 2 N–H and O–H groups in total. The third-order valence-electron chi connectivity index (χ3n) is 3.17. The molecule has 3 nitrogen and oxygen atoms in total. The summed E-state index contributed by atoms with van der Waals surface area (Å²) in [5.41, 5.74) is 5.99. The number of hydrogen-bond donors (Lipinski definition) is 1. The van der Waals surface area contributed by atoms with Crippen molar-refractivity contribution in [3.8, 4) is 0 Å². The molecule has 0 amide bonds. The molecule has 3 atom stereocenters. The van der Waals surface area contributed by atoms with E-state index in [1.165, 1.54) is 25.8 Å². The van der Waals surface area contributed by atoms with Gasteiger partial charge in [0.15, 0.2) is 0 Å². The first-order valence-electron chi connectivity index (χ1n) is 5.67. The third-order valence-corrected chi connectivity index (χ3v) is 3.17. The van der Waals surface area contributed by atoms with Gasteiger partial charge in [0.1, 0.15) is 0 Å². The number of rotatable bonds is 4. The highest BCUT2D eigenvalue weighted by molar-refractivity contribution is 4.83. The molecule has 0 aromatic heterocycles. The lowest BCUT2D eigenvalue weighted by atomic mass is 9.96. The Morgan fingerprint density at radius 3 is 2.71 bits per heavy atom. The maximum absolute atomic E-state index is 5.99. The highest BCUT2D eigenvalue weighted by atomic mass is 16.5. The maximum atomic E-state index is 5.99. The van der Waals surface area contributed by atoms with Crippen LogP contribution in [0.1, 0.15) is 33.1 Å². The van der Waals surface area contributed by atoms with Crippen LogP contribution in [-0.2, 0) is 4.74 Å². The van der Waals surface area contributed by atoms with E-state index in [-0.39, 0.29) is 6.04 Å². The normalized spacial score (nSPS) is 28.7. The predicted octanol–water partition coefficient (Wildman–Crippen LogP) is 1.22. The molecule has 14 heavy (non-hydrogen) atoms. The summed E-state index contributed by atoms with van der Waals surface area (Å²) in [6.07, 6.45) is 4.19. The lowest BCUT2D eigenvalue weighted by molar-refractivity contribution is 0.0409. The van der Waals surface area contributed by atoms with Crippen molar-refractivity contribution >= 4 is 0 Å². The van der Waals surface area contributed by atoms with Gasteiger partial charge in [-0.2, -0.15) is 0 Å². The molecule has 0 aliphatic carbocycles. The molecule has 0 aromatic carbocycles. The lowest BCUT2D eigenvalue weighted by Gasteiger charge is -2.39. The van der Waals surface area contributed by atoms with Crippen LogP contribution < -0.4 is 5.73 Å². The Labute approximate surface area is 87.6 Å². The van der Waals surface area contributed by atoms with Crippen molar-refractivity contribution in [1.82, 2.24) is 4.90 Å². The second kappa shape index (κ2) is 5.69. The summed E-state index contributed by atoms with van der Waals surface area (Å²) in [6, 6.07) is 0.834. The Morgan fingerprint density at radius 1 is 1.43 bits per heavy atom. The molecule has 1 aliphatic heterocycles. The third kappa shape index (κ3) is 3.23. The van der Waals surface area contributed by atoms with E-state index in [9.17, 15) is 0 Å². The first-order valence-corrected chi connectivity index (χ1v) is 5.67. The minimum atomic E-state index is 0.277. The summed E-state index contributed by atoms with van der Waals surface area (Å²) in [5.74, 6) is 0. The fourth-order valence-electron chi connectivity index (χ4n) is 2.24. The molecule has 3 heteroatoms. The van der Waals surface area contributed by atoms with Crippen LogP contribution in [0.5, 0.6) is 0 Å². The number of nitrogens with zero attached hydrogens (tertiary/aromatic N) is 1. The van der Waals surface area contributed by atoms with Gasteiger partial charge in [-0.15, -0.1) is 0 Å². The molecule has 84 valence electrons. The monoisotopic (exact) mass is 200 g/mol. The zero-order chi connectivity index (χ0) is 10.6. The van der Waals surface area contributed by atoms with Crippen LogP contribution in [0.25, 0.3) is 0 Å². The van der Waals surface area contributed by atoms with Crippen LogP contribution in [0, 0.1) is 0 Å². The van der Waals surface area contributed by atoms with Gasteiger partial charge in [0, 0.05) is 25.7 Å². The van der Waals surface area contributed by atoms with Crippen LogP contribution in [-0.4, -0.2) is 43.3 Å². The minimum absolute atomic E-state index is 0.277. The van der Waals surface area contributed by atoms with Gasteiger partial charge in [-0.1, -0.05) is 6.42 Å². The number of nitrogens with two attached hydrogens (primary N) is 1. The molecule has 0 radical (unpaired) electrons. The van der Waals surface area contributed by atoms with Gasteiger partial charge in [-0.25, -0.2) is 0 Å². The molecule has 3 unspecified atom stereocenters. The van der Waals surface area contributed by atoms with Crippen molar-refractivity contribution < 1.29 is 4.74 Å². The van der Waals surface area contributed by atoms with Crippen molar-refractivity contribution in [2.45, 2.75) is 51.3 Å².